The van der Waals surface area contributed by atoms with E-state index in [4.69, 9.17) is 4.74 Å². The van der Waals surface area contributed by atoms with Gasteiger partial charge in [0.25, 0.3) is 0 Å². The van der Waals surface area contributed by atoms with Gasteiger partial charge in [-0.25, -0.2) is 9.97 Å². The predicted octanol–water partition coefficient (Wildman–Crippen LogP) is 3.87. The van der Waals surface area contributed by atoms with Gasteiger partial charge in [-0.1, -0.05) is 31.4 Å². The van der Waals surface area contributed by atoms with Crippen molar-refractivity contribution in [3.8, 4) is 5.75 Å². The van der Waals surface area contributed by atoms with Crippen molar-refractivity contribution in [3.05, 3.63) is 48.4 Å². The Hall–Kier alpha value is -2.64. The van der Waals surface area contributed by atoms with E-state index in [1.54, 1.807) is 7.11 Å². The summed E-state index contributed by atoms with van der Waals surface area (Å²) in [7, 11) is 3.54. The molecule has 0 radical (unpaired) electrons. The summed E-state index contributed by atoms with van der Waals surface area (Å²) in [4.78, 5) is 11.1. The third-order valence-corrected chi connectivity index (χ3v) is 5.28. The maximum absolute atomic E-state index is 5.14. The molecule has 2 heterocycles. The van der Waals surface area contributed by atoms with Gasteiger partial charge in [0.05, 0.1) is 12.5 Å². The van der Waals surface area contributed by atoms with Crippen molar-refractivity contribution in [1.29, 1.82) is 0 Å². The number of nitrogens with one attached hydrogen (secondary N) is 4. The number of aromatic amines is 1. The van der Waals surface area contributed by atoms with Crippen molar-refractivity contribution < 1.29 is 4.74 Å². The highest BCUT2D eigenvalue weighted by Gasteiger charge is 2.12. The van der Waals surface area contributed by atoms with Gasteiger partial charge in [0, 0.05) is 26.3 Å². The first kappa shape index (κ1) is 21.1. The monoisotopic (exact) mass is 396 g/mol. The fourth-order valence-corrected chi connectivity index (χ4v) is 3.59. The quantitative estimate of drug-likeness (QED) is 0.358. The fraction of sp³-hybridized carbons (Fsp3) is 0.455. The molecule has 0 atom stereocenters. The van der Waals surface area contributed by atoms with Gasteiger partial charge in [-0.2, -0.15) is 0 Å². The molecule has 7 nitrogen and oxygen atoms in total. The van der Waals surface area contributed by atoms with Crippen LogP contribution in [0.4, 0.5) is 5.82 Å². The van der Waals surface area contributed by atoms with E-state index >= 15 is 0 Å². The molecule has 1 aliphatic rings. The Morgan fingerprint density at radius 1 is 1.03 bits per heavy atom. The summed E-state index contributed by atoms with van der Waals surface area (Å²) in [5.41, 5.74) is 8.78. The minimum absolute atomic E-state index is 0.858. The average Bonchev–Trinajstić information content (AvgIpc) is 3.27. The van der Waals surface area contributed by atoms with Crippen molar-refractivity contribution in [3.63, 3.8) is 0 Å². The molecule has 29 heavy (non-hydrogen) atoms. The Bertz CT molecular complexity index is 842. The van der Waals surface area contributed by atoms with Crippen molar-refractivity contribution in [1.82, 2.24) is 25.8 Å². The number of hydrazine groups is 1. The minimum atomic E-state index is 0.858. The van der Waals surface area contributed by atoms with E-state index in [1.807, 2.05) is 31.4 Å². The molecule has 4 rings (SSSR count). The van der Waals surface area contributed by atoms with Gasteiger partial charge in [0.2, 0.25) is 0 Å². The molecular weight excluding hydrogens is 364 g/mol. The van der Waals surface area contributed by atoms with Crippen molar-refractivity contribution in [2.45, 2.75) is 38.6 Å². The molecule has 1 aromatic carbocycles. The number of nitrogens with zero attached hydrogens (tertiary/aromatic N) is 2. The molecule has 0 spiro atoms. The summed E-state index contributed by atoms with van der Waals surface area (Å²) in [6.07, 6.45) is 10.4. The van der Waals surface area contributed by atoms with Crippen LogP contribution in [0.3, 0.4) is 0 Å². The standard InChI is InChI=1S/C15H24N2O.C7H8N4/c1-18-15-9-7-14(8-10-15)12-17-16-11-13-5-3-2-4-6-13;1-8-6-5-2-3-9-7(5)11-4-10-6/h7-10,13,16-17H,2-6,11-12H2,1H3;2-4H,1H3,(H2,8,9,10,11). The lowest BCUT2D eigenvalue weighted by molar-refractivity contribution is 0.325. The second-order valence-corrected chi connectivity index (χ2v) is 7.30. The smallest absolute Gasteiger partial charge is 0.142 e. The Labute approximate surface area is 172 Å². The summed E-state index contributed by atoms with van der Waals surface area (Å²) >= 11 is 0. The molecule has 0 amide bonds. The van der Waals surface area contributed by atoms with Gasteiger partial charge in [-0.3, -0.25) is 10.9 Å². The molecule has 0 saturated heterocycles. The second-order valence-electron chi connectivity index (χ2n) is 7.30. The van der Waals surface area contributed by atoms with E-state index < -0.39 is 0 Å². The highest BCUT2D eigenvalue weighted by atomic mass is 16.5. The molecule has 2 aromatic heterocycles. The van der Waals surface area contributed by atoms with Gasteiger partial charge < -0.3 is 15.0 Å². The normalized spacial score (nSPS) is 14.3. The molecule has 1 aliphatic carbocycles. The van der Waals surface area contributed by atoms with E-state index in [0.29, 0.717) is 0 Å². The van der Waals surface area contributed by atoms with Crippen molar-refractivity contribution in [2.75, 3.05) is 26.0 Å². The summed E-state index contributed by atoms with van der Waals surface area (Å²) in [5, 5.41) is 4.01. The Morgan fingerprint density at radius 2 is 1.83 bits per heavy atom. The lowest BCUT2D eigenvalue weighted by Gasteiger charge is -2.22. The number of H-pyrrole nitrogens is 1. The van der Waals surface area contributed by atoms with Crippen LogP contribution in [0.1, 0.15) is 37.7 Å². The van der Waals surface area contributed by atoms with Crippen LogP contribution in [-0.2, 0) is 6.54 Å². The molecule has 156 valence electrons. The van der Waals surface area contributed by atoms with Crippen LogP contribution in [0.5, 0.6) is 5.75 Å². The molecule has 1 fully saturated rings. The lowest BCUT2D eigenvalue weighted by Crippen LogP contribution is -2.35. The fourth-order valence-electron chi connectivity index (χ4n) is 3.59. The highest BCUT2D eigenvalue weighted by Crippen LogP contribution is 2.22. The van der Waals surface area contributed by atoms with Crippen LogP contribution in [0, 0.1) is 5.92 Å². The highest BCUT2D eigenvalue weighted by molar-refractivity contribution is 5.86. The minimum Gasteiger partial charge on any atom is -0.497 e. The Kier molecular flexibility index (Phi) is 8.27. The van der Waals surface area contributed by atoms with Crippen LogP contribution in [0.15, 0.2) is 42.9 Å². The van der Waals surface area contributed by atoms with E-state index in [-0.39, 0.29) is 0 Å². The zero-order valence-corrected chi connectivity index (χ0v) is 17.4. The summed E-state index contributed by atoms with van der Waals surface area (Å²) in [6, 6.07) is 10.1. The lowest BCUT2D eigenvalue weighted by atomic mass is 9.89. The topological polar surface area (TPSA) is 86.9 Å². The van der Waals surface area contributed by atoms with Crippen LogP contribution < -0.4 is 20.9 Å². The van der Waals surface area contributed by atoms with E-state index in [2.05, 4.69) is 43.3 Å². The zero-order valence-electron chi connectivity index (χ0n) is 17.4. The first-order valence-corrected chi connectivity index (χ1v) is 10.3. The predicted molar refractivity (Wildman–Crippen MR) is 118 cm³/mol. The number of anilines is 1. The van der Waals surface area contributed by atoms with Crippen molar-refractivity contribution >= 4 is 16.9 Å². The number of rotatable bonds is 7. The van der Waals surface area contributed by atoms with Gasteiger partial charge in [0.1, 0.15) is 23.5 Å². The molecule has 4 N–H and O–H groups in total. The van der Waals surface area contributed by atoms with Crippen molar-refractivity contribution in [2.24, 2.45) is 5.92 Å². The van der Waals surface area contributed by atoms with Gasteiger partial charge in [-0.15, -0.1) is 0 Å². The molecule has 0 bridgehead atoms. The Morgan fingerprint density at radius 3 is 2.55 bits per heavy atom. The SMILES string of the molecule is CNc1ncnc2[nH]ccc12.COc1ccc(CNNCC2CCCCC2)cc1. The first-order chi connectivity index (χ1) is 14.3. The molecule has 0 aliphatic heterocycles. The number of fused-ring (bicyclic) bond motifs is 1. The maximum Gasteiger partial charge on any atom is 0.142 e. The number of methoxy groups -OCH3 is 1. The van der Waals surface area contributed by atoms with Crippen LogP contribution in [-0.4, -0.2) is 35.7 Å². The molecule has 7 heteroatoms. The molecule has 1 saturated carbocycles. The molecule has 0 unspecified atom stereocenters. The van der Waals surface area contributed by atoms with Crippen LogP contribution in [0.25, 0.3) is 11.0 Å². The third kappa shape index (κ3) is 6.44. The summed E-state index contributed by atoms with van der Waals surface area (Å²) in [6.45, 7) is 1.95. The maximum atomic E-state index is 5.14. The van der Waals surface area contributed by atoms with Gasteiger partial charge in [0.15, 0.2) is 0 Å². The molecular formula is C22H32N6O. The summed E-state index contributed by atoms with van der Waals surface area (Å²) < 4.78 is 5.14. The summed E-state index contributed by atoms with van der Waals surface area (Å²) in [5.74, 6) is 2.63. The van der Waals surface area contributed by atoms with E-state index in [1.165, 1.54) is 44.0 Å². The molecule has 3 aromatic rings. The average molecular weight is 397 g/mol. The number of hydrogen-bond acceptors (Lipinski definition) is 6. The van der Waals surface area contributed by atoms with E-state index in [0.717, 1.165) is 41.6 Å². The largest absolute Gasteiger partial charge is 0.497 e. The Balaban J connectivity index is 0.000000186. The number of ether oxygens (including phenoxy) is 1. The van der Waals surface area contributed by atoms with E-state index in [9.17, 15) is 0 Å². The first-order valence-electron chi connectivity index (χ1n) is 10.3. The zero-order chi connectivity index (χ0) is 20.3. The number of benzene rings is 1. The van der Waals surface area contributed by atoms with Gasteiger partial charge in [-0.05, 0) is 42.5 Å². The third-order valence-electron chi connectivity index (χ3n) is 5.28. The number of hydrogen-bond donors (Lipinski definition) is 4. The van der Waals surface area contributed by atoms with Crippen LogP contribution in [0.2, 0.25) is 0 Å². The van der Waals surface area contributed by atoms with Crippen LogP contribution >= 0.6 is 0 Å². The van der Waals surface area contributed by atoms with Gasteiger partial charge >= 0.3 is 0 Å². The second kappa shape index (κ2) is 11.4. The number of aromatic nitrogens is 3.